The van der Waals surface area contributed by atoms with Crippen LogP contribution < -0.4 is 0 Å². The molecule has 1 unspecified atom stereocenters. The van der Waals surface area contributed by atoms with Gasteiger partial charge in [0.15, 0.2) is 0 Å². The summed E-state index contributed by atoms with van der Waals surface area (Å²) in [7, 11) is 0. The van der Waals surface area contributed by atoms with Crippen LogP contribution in [0.2, 0.25) is 5.02 Å². The standard InChI is InChI=1S/C12H14ClFO3S/c1-2-17-12(16)5-8(15)7-18-9-3-4-11(14)10(13)6-9/h3-4,6,8,15H,2,5,7H2,1H3. The number of benzene rings is 1. The van der Waals surface area contributed by atoms with E-state index in [1.807, 2.05) is 0 Å². The summed E-state index contributed by atoms with van der Waals surface area (Å²) in [5, 5.41) is 9.64. The van der Waals surface area contributed by atoms with E-state index in [4.69, 9.17) is 16.3 Å². The number of esters is 1. The summed E-state index contributed by atoms with van der Waals surface area (Å²) in [6.45, 7) is 2.01. The Bertz CT molecular complexity index is 414. The molecule has 0 aliphatic carbocycles. The Morgan fingerprint density at radius 2 is 2.33 bits per heavy atom. The smallest absolute Gasteiger partial charge is 0.308 e. The molecule has 1 aromatic rings. The van der Waals surface area contributed by atoms with E-state index < -0.39 is 17.9 Å². The molecule has 0 aliphatic heterocycles. The number of carbonyl (C=O) groups is 1. The van der Waals surface area contributed by atoms with Crippen LogP contribution in [-0.4, -0.2) is 29.5 Å². The van der Waals surface area contributed by atoms with Crippen molar-refractivity contribution in [1.29, 1.82) is 0 Å². The summed E-state index contributed by atoms with van der Waals surface area (Å²) >= 11 is 6.93. The van der Waals surface area contributed by atoms with E-state index in [0.29, 0.717) is 12.4 Å². The Balaban J connectivity index is 2.40. The Morgan fingerprint density at radius 3 is 2.94 bits per heavy atom. The van der Waals surface area contributed by atoms with E-state index >= 15 is 0 Å². The summed E-state index contributed by atoms with van der Waals surface area (Å²) in [6.07, 6.45) is -0.839. The highest BCUT2D eigenvalue weighted by molar-refractivity contribution is 7.99. The van der Waals surface area contributed by atoms with E-state index in [1.165, 1.54) is 23.9 Å². The van der Waals surface area contributed by atoms with E-state index in [2.05, 4.69) is 0 Å². The van der Waals surface area contributed by atoms with Gasteiger partial charge in [0.2, 0.25) is 0 Å². The molecule has 100 valence electrons. The van der Waals surface area contributed by atoms with Gasteiger partial charge >= 0.3 is 5.97 Å². The van der Waals surface area contributed by atoms with Crippen molar-refractivity contribution >= 4 is 29.3 Å². The van der Waals surface area contributed by atoms with Gasteiger partial charge in [0, 0.05) is 10.6 Å². The molecule has 0 heterocycles. The van der Waals surface area contributed by atoms with Crippen LogP contribution in [0.1, 0.15) is 13.3 Å². The van der Waals surface area contributed by atoms with E-state index in [9.17, 15) is 14.3 Å². The number of hydrogen-bond donors (Lipinski definition) is 1. The van der Waals surface area contributed by atoms with E-state index in [1.54, 1.807) is 13.0 Å². The third-order valence-corrected chi connectivity index (χ3v) is 3.47. The first-order chi connectivity index (χ1) is 8.52. The predicted octanol–water partition coefficient (Wildman–Crippen LogP) is 2.89. The second-order valence-electron chi connectivity index (χ2n) is 3.55. The molecule has 0 spiro atoms. The molecule has 1 N–H and O–H groups in total. The lowest BCUT2D eigenvalue weighted by Crippen LogP contribution is -2.17. The summed E-state index contributed by atoms with van der Waals surface area (Å²) < 4.78 is 17.6. The molecule has 3 nitrogen and oxygen atoms in total. The number of thioether (sulfide) groups is 1. The van der Waals surface area contributed by atoms with Crippen molar-refractivity contribution in [3.63, 3.8) is 0 Å². The van der Waals surface area contributed by atoms with Crippen molar-refractivity contribution in [2.45, 2.75) is 24.3 Å². The average Bonchev–Trinajstić information content (AvgIpc) is 2.31. The number of hydrogen-bond acceptors (Lipinski definition) is 4. The number of aliphatic hydroxyl groups is 1. The lowest BCUT2D eigenvalue weighted by atomic mass is 10.3. The first-order valence-electron chi connectivity index (χ1n) is 5.44. The highest BCUT2D eigenvalue weighted by Crippen LogP contribution is 2.24. The zero-order chi connectivity index (χ0) is 13.5. The molecule has 6 heteroatoms. The molecule has 0 fully saturated rings. The quantitative estimate of drug-likeness (QED) is 0.647. The van der Waals surface area contributed by atoms with Crippen LogP contribution in [0.3, 0.4) is 0 Å². The molecule has 0 saturated heterocycles. The van der Waals surface area contributed by atoms with Gasteiger partial charge in [-0.3, -0.25) is 4.79 Å². The lowest BCUT2D eigenvalue weighted by molar-refractivity contribution is -0.144. The van der Waals surface area contributed by atoms with Crippen LogP contribution in [0, 0.1) is 5.82 Å². The SMILES string of the molecule is CCOC(=O)CC(O)CSc1ccc(F)c(Cl)c1. The van der Waals surface area contributed by atoms with Crippen LogP contribution in [0.15, 0.2) is 23.1 Å². The Morgan fingerprint density at radius 1 is 1.61 bits per heavy atom. The summed E-state index contributed by atoms with van der Waals surface area (Å²) in [6, 6.07) is 4.32. The summed E-state index contributed by atoms with van der Waals surface area (Å²) in [5.41, 5.74) is 0. The number of ether oxygens (including phenoxy) is 1. The zero-order valence-corrected chi connectivity index (χ0v) is 11.4. The highest BCUT2D eigenvalue weighted by Gasteiger charge is 2.12. The van der Waals surface area contributed by atoms with Gasteiger partial charge in [-0.05, 0) is 25.1 Å². The Kier molecular flexibility index (Phi) is 6.46. The molecule has 1 aromatic carbocycles. The summed E-state index contributed by atoms with van der Waals surface area (Å²) in [4.78, 5) is 11.8. The monoisotopic (exact) mass is 292 g/mol. The van der Waals surface area contributed by atoms with Gasteiger partial charge in [0.1, 0.15) is 5.82 Å². The lowest BCUT2D eigenvalue weighted by Gasteiger charge is -2.09. The molecule has 0 aliphatic rings. The van der Waals surface area contributed by atoms with Gasteiger partial charge in [0.25, 0.3) is 0 Å². The van der Waals surface area contributed by atoms with Crippen molar-refractivity contribution in [3.8, 4) is 0 Å². The van der Waals surface area contributed by atoms with Gasteiger partial charge in [-0.1, -0.05) is 11.6 Å². The minimum absolute atomic E-state index is 0.0416. The molecule has 1 atom stereocenters. The van der Waals surface area contributed by atoms with Gasteiger partial charge in [-0.15, -0.1) is 11.8 Å². The Labute approximate surface area is 114 Å². The maximum atomic E-state index is 12.9. The number of aliphatic hydroxyl groups excluding tert-OH is 1. The predicted molar refractivity (Wildman–Crippen MR) is 69.4 cm³/mol. The van der Waals surface area contributed by atoms with E-state index in [-0.39, 0.29) is 11.4 Å². The topological polar surface area (TPSA) is 46.5 Å². The highest BCUT2D eigenvalue weighted by atomic mass is 35.5. The average molecular weight is 293 g/mol. The molecule has 0 aromatic heterocycles. The van der Waals surface area contributed by atoms with E-state index in [0.717, 1.165) is 4.90 Å². The molecule has 0 amide bonds. The van der Waals surface area contributed by atoms with Gasteiger partial charge in [0.05, 0.1) is 24.2 Å². The zero-order valence-electron chi connectivity index (χ0n) is 9.86. The third kappa shape index (κ3) is 5.25. The molecule has 1 rings (SSSR count). The van der Waals surface area contributed by atoms with Crippen molar-refractivity contribution < 1.29 is 19.0 Å². The summed E-state index contributed by atoms with van der Waals surface area (Å²) in [5.74, 6) is -0.586. The van der Waals surface area contributed by atoms with Crippen molar-refractivity contribution in [3.05, 3.63) is 29.0 Å². The second kappa shape index (κ2) is 7.61. The van der Waals surface area contributed by atoms with Crippen LogP contribution >= 0.6 is 23.4 Å². The first-order valence-corrected chi connectivity index (χ1v) is 6.80. The van der Waals surface area contributed by atoms with Crippen molar-refractivity contribution in [1.82, 2.24) is 0 Å². The van der Waals surface area contributed by atoms with Crippen LogP contribution in [0.25, 0.3) is 0 Å². The number of halogens is 2. The van der Waals surface area contributed by atoms with Crippen LogP contribution in [0.4, 0.5) is 4.39 Å². The van der Waals surface area contributed by atoms with Crippen molar-refractivity contribution in [2.75, 3.05) is 12.4 Å². The third-order valence-electron chi connectivity index (χ3n) is 2.04. The minimum Gasteiger partial charge on any atom is -0.466 e. The largest absolute Gasteiger partial charge is 0.466 e. The maximum Gasteiger partial charge on any atom is 0.308 e. The molecule has 0 saturated carbocycles. The van der Waals surface area contributed by atoms with Gasteiger partial charge < -0.3 is 9.84 Å². The minimum atomic E-state index is -0.794. The molecule has 0 radical (unpaired) electrons. The van der Waals surface area contributed by atoms with Crippen LogP contribution in [-0.2, 0) is 9.53 Å². The molecule has 0 bridgehead atoms. The molecular formula is C12H14ClFO3S. The van der Waals surface area contributed by atoms with Crippen LogP contribution in [0.5, 0.6) is 0 Å². The molecular weight excluding hydrogens is 279 g/mol. The molecule has 18 heavy (non-hydrogen) atoms. The maximum absolute atomic E-state index is 12.9. The first kappa shape index (κ1) is 15.3. The Hall–Kier alpha value is -0.780. The van der Waals surface area contributed by atoms with Gasteiger partial charge in [-0.2, -0.15) is 0 Å². The van der Waals surface area contributed by atoms with Crippen molar-refractivity contribution in [2.24, 2.45) is 0 Å². The fourth-order valence-electron chi connectivity index (χ4n) is 1.23. The normalized spacial score (nSPS) is 12.2. The number of carbonyl (C=O) groups excluding carboxylic acids is 1. The number of rotatable bonds is 6. The second-order valence-corrected chi connectivity index (χ2v) is 5.05. The fraction of sp³-hybridized carbons (Fsp3) is 0.417. The van der Waals surface area contributed by atoms with Gasteiger partial charge in [-0.25, -0.2) is 4.39 Å². The fourth-order valence-corrected chi connectivity index (χ4v) is 2.34.